The number of hydrogen-bond acceptors (Lipinski definition) is 4. The molecule has 102 valence electrons. The second-order valence-electron chi connectivity index (χ2n) is 4.82. The fourth-order valence-electron chi connectivity index (χ4n) is 2.31. The van der Waals surface area contributed by atoms with Gasteiger partial charge in [-0.15, -0.1) is 0 Å². The molecule has 5 nitrogen and oxygen atoms in total. The number of benzene rings is 1. The number of fused-ring (bicyclic) bond motifs is 1. The molecule has 1 aliphatic rings. The smallest absolute Gasteiger partial charge is 0.238 e. The third kappa shape index (κ3) is 2.46. The maximum atomic E-state index is 12.3. The number of hydrogen-bond donors (Lipinski definition) is 2. The highest BCUT2D eigenvalue weighted by Gasteiger charge is 2.34. The van der Waals surface area contributed by atoms with Crippen molar-refractivity contribution >= 4 is 23.2 Å². The number of amides is 2. The Kier molecular flexibility index (Phi) is 3.85. The van der Waals surface area contributed by atoms with Crippen LogP contribution in [-0.4, -0.2) is 25.4 Å². The van der Waals surface area contributed by atoms with E-state index >= 15 is 0 Å². The molecule has 2 amide bonds. The van der Waals surface area contributed by atoms with Gasteiger partial charge in [0, 0.05) is 18.7 Å². The Bertz CT molecular complexity index is 513. The lowest BCUT2D eigenvalue weighted by atomic mass is 10.1. The van der Waals surface area contributed by atoms with Crippen LogP contribution >= 0.6 is 0 Å². The van der Waals surface area contributed by atoms with Crippen molar-refractivity contribution in [1.29, 1.82) is 0 Å². The molecule has 1 aromatic rings. The van der Waals surface area contributed by atoms with Crippen LogP contribution in [-0.2, 0) is 16.0 Å². The van der Waals surface area contributed by atoms with Gasteiger partial charge >= 0.3 is 0 Å². The maximum absolute atomic E-state index is 12.3. The van der Waals surface area contributed by atoms with Crippen LogP contribution in [0.2, 0.25) is 0 Å². The minimum absolute atomic E-state index is 0.155. The molecule has 0 aromatic heterocycles. The lowest BCUT2D eigenvalue weighted by molar-refractivity contribution is -0.127. The fraction of sp³-hybridized carbons (Fsp3) is 0.429. The Morgan fingerprint density at radius 3 is 2.89 bits per heavy atom. The highest BCUT2D eigenvalue weighted by molar-refractivity contribution is 6.19. The summed E-state index contributed by atoms with van der Waals surface area (Å²) in [5, 5.41) is 3.03. The monoisotopic (exact) mass is 261 g/mol. The number of nitrogens with zero attached hydrogens (tertiary/aromatic N) is 1. The average Bonchev–Trinajstić information content (AvgIpc) is 2.72. The van der Waals surface area contributed by atoms with Gasteiger partial charge in [-0.25, -0.2) is 4.90 Å². The SMILES string of the molecule is CNc1ccc2c(c1)CC(=O)N2C(=O)C(C)CCN. The van der Waals surface area contributed by atoms with Crippen LogP contribution in [0.25, 0.3) is 0 Å². The number of imide groups is 1. The van der Waals surface area contributed by atoms with Crippen molar-refractivity contribution in [3.8, 4) is 0 Å². The van der Waals surface area contributed by atoms with Crippen LogP contribution < -0.4 is 16.0 Å². The number of rotatable bonds is 4. The number of carbonyl (C=O) groups is 2. The van der Waals surface area contributed by atoms with E-state index in [-0.39, 0.29) is 24.2 Å². The van der Waals surface area contributed by atoms with Gasteiger partial charge in [0.15, 0.2) is 0 Å². The summed E-state index contributed by atoms with van der Waals surface area (Å²) in [6.45, 7) is 2.25. The van der Waals surface area contributed by atoms with Crippen molar-refractivity contribution < 1.29 is 9.59 Å². The highest BCUT2D eigenvalue weighted by Crippen LogP contribution is 2.32. The highest BCUT2D eigenvalue weighted by atomic mass is 16.2. The number of carbonyl (C=O) groups excluding carboxylic acids is 2. The summed E-state index contributed by atoms with van der Waals surface area (Å²) in [5.74, 6) is -0.549. The molecule has 0 saturated heterocycles. The Hall–Kier alpha value is -1.88. The number of anilines is 2. The summed E-state index contributed by atoms with van der Waals surface area (Å²) in [4.78, 5) is 25.6. The molecule has 1 unspecified atom stereocenters. The summed E-state index contributed by atoms with van der Waals surface area (Å²) in [6, 6.07) is 5.60. The molecule has 0 bridgehead atoms. The van der Waals surface area contributed by atoms with Crippen LogP contribution in [0.3, 0.4) is 0 Å². The summed E-state index contributed by atoms with van der Waals surface area (Å²) in [7, 11) is 1.82. The molecule has 1 aromatic carbocycles. The van der Waals surface area contributed by atoms with E-state index in [2.05, 4.69) is 5.32 Å². The van der Waals surface area contributed by atoms with E-state index in [1.807, 2.05) is 32.2 Å². The molecule has 5 heteroatoms. The Labute approximate surface area is 112 Å². The first kappa shape index (κ1) is 13.5. The first-order valence-electron chi connectivity index (χ1n) is 6.46. The van der Waals surface area contributed by atoms with E-state index in [1.54, 1.807) is 0 Å². The van der Waals surface area contributed by atoms with Crippen LogP contribution in [0.1, 0.15) is 18.9 Å². The molecule has 0 fully saturated rings. The molecule has 1 heterocycles. The first-order valence-corrected chi connectivity index (χ1v) is 6.46. The normalized spacial score (nSPS) is 15.3. The Morgan fingerprint density at radius 2 is 2.26 bits per heavy atom. The topological polar surface area (TPSA) is 75.4 Å². The third-order valence-electron chi connectivity index (χ3n) is 3.44. The quantitative estimate of drug-likeness (QED) is 0.852. The van der Waals surface area contributed by atoms with E-state index in [9.17, 15) is 9.59 Å². The second-order valence-corrected chi connectivity index (χ2v) is 4.82. The maximum Gasteiger partial charge on any atom is 0.238 e. The molecule has 0 radical (unpaired) electrons. The zero-order valence-electron chi connectivity index (χ0n) is 11.3. The number of nitrogens with one attached hydrogen (secondary N) is 1. The molecular formula is C14H19N3O2. The van der Waals surface area contributed by atoms with Gasteiger partial charge in [-0.1, -0.05) is 6.92 Å². The summed E-state index contributed by atoms with van der Waals surface area (Å²) in [6.07, 6.45) is 0.873. The summed E-state index contributed by atoms with van der Waals surface area (Å²) >= 11 is 0. The van der Waals surface area contributed by atoms with Gasteiger partial charge in [-0.05, 0) is 36.7 Å². The Morgan fingerprint density at radius 1 is 1.53 bits per heavy atom. The predicted molar refractivity (Wildman–Crippen MR) is 75.0 cm³/mol. The molecule has 3 N–H and O–H groups in total. The summed E-state index contributed by atoms with van der Waals surface area (Å²) < 4.78 is 0. The van der Waals surface area contributed by atoms with Crippen molar-refractivity contribution in [2.24, 2.45) is 11.7 Å². The molecule has 0 aliphatic carbocycles. The zero-order chi connectivity index (χ0) is 14.0. The van der Waals surface area contributed by atoms with Crippen molar-refractivity contribution in [2.45, 2.75) is 19.8 Å². The van der Waals surface area contributed by atoms with Gasteiger partial charge in [0.25, 0.3) is 0 Å². The molecule has 1 aliphatic heterocycles. The standard InChI is InChI=1S/C14H19N3O2/c1-9(5-6-15)14(19)17-12-4-3-11(16-2)7-10(12)8-13(17)18/h3-4,7,9,16H,5-6,8,15H2,1-2H3. The molecule has 2 rings (SSSR count). The van der Waals surface area contributed by atoms with Crippen molar-refractivity contribution in [3.63, 3.8) is 0 Å². The predicted octanol–water partition coefficient (Wildman–Crippen LogP) is 1.13. The van der Waals surface area contributed by atoms with E-state index in [0.29, 0.717) is 18.7 Å². The van der Waals surface area contributed by atoms with Crippen LogP contribution in [0.15, 0.2) is 18.2 Å². The van der Waals surface area contributed by atoms with Crippen LogP contribution in [0.4, 0.5) is 11.4 Å². The lowest BCUT2D eigenvalue weighted by Crippen LogP contribution is -2.38. The number of nitrogens with two attached hydrogens (primary N) is 1. The molecule has 1 atom stereocenters. The molecule has 19 heavy (non-hydrogen) atoms. The zero-order valence-corrected chi connectivity index (χ0v) is 11.3. The summed E-state index contributed by atoms with van der Waals surface area (Å²) in [5.41, 5.74) is 8.01. The molecule has 0 saturated carbocycles. The van der Waals surface area contributed by atoms with Gasteiger partial charge in [0.05, 0.1) is 12.1 Å². The third-order valence-corrected chi connectivity index (χ3v) is 3.44. The van der Waals surface area contributed by atoms with Crippen molar-refractivity contribution in [3.05, 3.63) is 23.8 Å². The van der Waals surface area contributed by atoms with Gasteiger partial charge in [0.1, 0.15) is 0 Å². The van der Waals surface area contributed by atoms with E-state index in [4.69, 9.17) is 5.73 Å². The average molecular weight is 261 g/mol. The lowest BCUT2D eigenvalue weighted by Gasteiger charge is -2.19. The molecular weight excluding hydrogens is 242 g/mol. The fourth-order valence-corrected chi connectivity index (χ4v) is 2.31. The van der Waals surface area contributed by atoms with Crippen molar-refractivity contribution in [2.75, 3.05) is 23.8 Å². The minimum atomic E-state index is -0.233. The minimum Gasteiger partial charge on any atom is -0.388 e. The van der Waals surface area contributed by atoms with Gasteiger partial charge in [0.2, 0.25) is 11.8 Å². The van der Waals surface area contributed by atoms with E-state index in [0.717, 1.165) is 11.3 Å². The van der Waals surface area contributed by atoms with Gasteiger partial charge in [-0.2, -0.15) is 0 Å². The molecule has 0 spiro atoms. The van der Waals surface area contributed by atoms with E-state index in [1.165, 1.54) is 4.90 Å². The van der Waals surface area contributed by atoms with Crippen LogP contribution in [0.5, 0.6) is 0 Å². The van der Waals surface area contributed by atoms with Crippen molar-refractivity contribution in [1.82, 2.24) is 0 Å². The second kappa shape index (κ2) is 5.40. The Balaban J connectivity index is 2.30. The van der Waals surface area contributed by atoms with Crippen LogP contribution in [0, 0.1) is 5.92 Å². The largest absolute Gasteiger partial charge is 0.388 e. The first-order chi connectivity index (χ1) is 9.08. The van der Waals surface area contributed by atoms with Gasteiger partial charge in [-0.3, -0.25) is 9.59 Å². The van der Waals surface area contributed by atoms with E-state index < -0.39 is 0 Å². The van der Waals surface area contributed by atoms with Gasteiger partial charge < -0.3 is 11.1 Å².